The van der Waals surface area contributed by atoms with E-state index in [0.717, 1.165) is 31.4 Å². The molecule has 0 saturated carbocycles. The third-order valence-corrected chi connectivity index (χ3v) is 6.85. The van der Waals surface area contributed by atoms with E-state index in [9.17, 15) is 40.3 Å². The number of methoxy groups -OCH3 is 1. The van der Waals surface area contributed by atoms with Gasteiger partial charge in [0.2, 0.25) is 5.91 Å². The van der Waals surface area contributed by atoms with Crippen LogP contribution < -0.4 is 15.8 Å². The van der Waals surface area contributed by atoms with Crippen molar-refractivity contribution in [1.29, 1.82) is 0 Å². The van der Waals surface area contributed by atoms with Gasteiger partial charge >= 0.3 is 12.2 Å². The van der Waals surface area contributed by atoms with Crippen molar-refractivity contribution in [3.05, 3.63) is 101 Å². The van der Waals surface area contributed by atoms with Gasteiger partial charge in [0, 0.05) is 12.8 Å². The van der Waals surface area contributed by atoms with Gasteiger partial charge in [-0.15, -0.1) is 0 Å². The second kappa shape index (κ2) is 10.9. The fraction of sp³-hybridized carbons (Fsp3) is 0.286. The SMILES string of the molecule is COc1cc([C@@](Cc2ccccc2)(NC(=O)N2CC(F)(F)C[C@@H]2C(N)=O)c2cc(F)cc(C(F)(F)F)c2)ccc1F. The molecule has 0 spiro atoms. The number of carbonyl (C=O) groups excluding carboxylic acids is 2. The van der Waals surface area contributed by atoms with E-state index >= 15 is 0 Å². The van der Waals surface area contributed by atoms with Crippen LogP contribution >= 0.6 is 0 Å². The van der Waals surface area contributed by atoms with E-state index in [0.29, 0.717) is 16.5 Å². The average molecular weight is 584 g/mol. The highest BCUT2D eigenvalue weighted by Crippen LogP contribution is 2.40. The number of ether oxygens (including phenoxy) is 1. The number of nitrogens with one attached hydrogen (secondary N) is 1. The summed E-state index contributed by atoms with van der Waals surface area (Å²) in [5.41, 5.74) is 1.68. The minimum Gasteiger partial charge on any atom is -0.494 e. The van der Waals surface area contributed by atoms with Crippen LogP contribution in [0.2, 0.25) is 0 Å². The first-order valence-electron chi connectivity index (χ1n) is 12.2. The van der Waals surface area contributed by atoms with E-state index in [4.69, 9.17) is 10.5 Å². The molecule has 13 heteroatoms. The number of urea groups is 1. The molecular formula is C28H24F7N3O3. The maximum atomic E-state index is 14.8. The minimum absolute atomic E-state index is 0.0618. The van der Waals surface area contributed by atoms with Gasteiger partial charge in [0.05, 0.1) is 24.8 Å². The second-order valence-corrected chi connectivity index (χ2v) is 9.68. The molecule has 1 saturated heterocycles. The Labute approximate surface area is 229 Å². The van der Waals surface area contributed by atoms with Crippen LogP contribution in [0.4, 0.5) is 35.5 Å². The Morgan fingerprint density at radius 3 is 2.27 bits per heavy atom. The molecule has 3 amide bonds. The standard InChI is InChI=1S/C28H24F7N3O3/c1-41-23-12-17(7-8-21(23)30)27(13-16-5-3-2-4-6-16,18-9-19(28(33,34)35)11-20(29)10-18)37-25(40)38-15-26(31,32)14-22(38)24(36)39/h2-12,22H,13-15H2,1H3,(H2,36,39)(H,37,40)/t22-,27-/m1/s1. The molecule has 41 heavy (non-hydrogen) atoms. The van der Waals surface area contributed by atoms with Gasteiger partial charge in [-0.1, -0.05) is 36.4 Å². The number of nitrogens with two attached hydrogens (primary N) is 1. The number of rotatable bonds is 7. The summed E-state index contributed by atoms with van der Waals surface area (Å²) in [5, 5.41) is 2.49. The molecule has 0 radical (unpaired) electrons. The molecule has 1 aliphatic rings. The summed E-state index contributed by atoms with van der Waals surface area (Å²) < 4.78 is 104. The zero-order valence-electron chi connectivity index (χ0n) is 21.4. The van der Waals surface area contributed by atoms with Crippen molar-refractivity contribution < 1.29 is 45.1 Å². The maximum Gasteiger partial charge on any atom is 0.416 e. The van der Waals surface area contributed by atoms with Crippen molar-refractivity contribution in [1.82, 2.24) is 10.2 Å². The molecule has 0 aromatic heterocycles. The first-order chi connectivity index (χ1) is 19.1. The number of carbonyl (C=O) groups is 2. The molecule has 4 rings (SSSR count). The van der Waals surface area contributed by atoms with Crippen LogP contribution in [0.5, 0.6) is 5.75 Å². The molecule has 2 atom stereocenters. The molecule has 0 unspecified atom stereocenters. The number of benzene rings is 3. The van der Waals surface area contributed by atoms with Gasteiger partial charge in [0.25, 0.3) is 5.92 Å². The van der Waals surface area contributed by atoms with Crippen LogP contribution in [0.3, 0.4) is 0 Å². The Balaban J connectivity index is 1.99. The first-order valence-corrected chi connectivity index (χ1v) is 12.2. The summed E-state index contributed by atoms with van der Waals surface area (Å²) in [5.74, 6) is -7.22. The molecule has 0 bridgehead atoms. The predicted molar refractivity (Wildman–Crippen MR) is 133 cm³/mol. The lowest BCUT2D eigenvalue weighted by molar-refractivity contribution is -0.137. The van der Waals surface area contributed by atoms with Crippen molar-refractivity contribution in [3.8, 4) is 5.75 Å². The molecule has 0 aliphatic carbocycles. The van der Waals surface area contributed by atoms with Gasteiger partial charge in [-0.3, -0.25) is 4.79 Å². The maximum absolute atomic E-state index is 14.8. The zero-order valence-corrected chi connectivity index (χ0v) is 21.4. The number of primary amides is 1. The van der Waals surface area contributed by atoms with E-state index in [1.165, 1.54) is 0 Å². The highest BCUT2D eigenvalue weighted by atomic mass is 19.4. The third-order valence-electron chi connectivity index (χ3n) is 6.85. The average Bonchev–Trinajstić information content (AvgIpc) is 3.24. The van der Waals surface area contributed by atoms with Gasteiger partial charge in [0.15, 0.2) is 11.6 Å². The van der Waals surface area contributed by atoms with E-state index in [2.05, 4.69) is 5.32 Å². The Morgan fingerprint density at radius 1 is 1.00 bits per heavy atom. The van der Waals surface area contributed by atoms with Crippen LogP contribution in [0.25, 0.3) is 0 Å². The normalized spacial score (nSPS) is 18.0. The molecule has 6 nitrogen and oxygen atoms in total. The third kappa shape index (κ3) is 6.23. The van der Waals surface area contributed by atoms with Crippen LogP contribution in [-0.4, -0.2) is 42.5 Å². The molecular weight excluding hydrogens is 559 g/mol. The lowest BCUT2D eigenvalue weighted by Crippen LogP contribution is -2.56. The predicted octanol–water partition coefficient (Wildman–Crippen LogP) is 5.38. The number of hydrogen-bond donors (Lipinski definition) is 2. The lowest BCUT2D eigenvalue weighted by Gasteiger charge is -2.39. The van der Waals surface area contributed by atoms with Crippen LogP contribution in [0.15, 0.2) is 66.7 Å². The van der Waals surface area contributed by atoms with Crippen LogP contribution in [0, 0.1) is 11.6 Å². The largest absolute Gasteiger partial charge is 0.494 e. The molecule has 1 fully saturated rings. The Kier molecular flexibility index (Phi) is 7.92. The number of amides is 3. The van der Waals surface area contributed by atoms with E-state index < -0.39 is 71.3 Å². The van der Waals surface area contributed by atoms with E-state index in [1.54, 1.807) is 30.3 Å². The smallest absolute Gasteiger partial charge is 0.416 e. The second-order valence-electron chi connectivity index (χ2n) is 9.68. The summed E-state index contributed by atoms with van der Waals surface area (Å²) in [4.78, 5) is 26.1. The molecule has 3 aromatic rings. The molecule has 3 N–H and O–H groups in total. The first kappa shape index (κ1) is 29.7. The highest BCUT2D eigenvalue weighted by molar-refractivity contribution is 5.87. The number of hydrogen-bond acceptors (Lipinski definition) is 3. The fourth-order valence-electron chi connectivity index (χ4n) is 4.93. The number of likely N-dealkylation sites (tertiary alicyclic amines) is 1. The number of nitrogens with zero attached hydrogens (tertiary/aromatic N) is 1. The van der Waals surface area contributed by atoms with E-state index in [-0.39, 0.29) is 23.8 Å². The van der Waals surface area contributed by atoms with Gasteiger partial charge in [-0.2, -0.15) is 13.2 Å². The Bertz CT molecular complexity index is 1450. The lowest BCUT2D eigenvalue weighted by atomic mass is 9.77. The molecule has 1 heterocycles. The summed E-state index contributed by atoms with van der Waals surface area (Å²) in [6.07, 6.45) is -6.42. The summed E-state index contributed by atoms with van der Waals surface area (Å²) in [7, 11) is 1.13. The molecule has 3 aromatic carbocycles. The van der Waals surface area contributed by atoms with Gasteiger partial charge < -0.3 is 20.7 Å². The monoisotopic (exact) mass is 583 g/mol. The fourth-order valence-corrected chi connectivity index (χ4v) is 4.93. The highest BCUT2D eigenvalue weighted by Gasteiger charge is 2.51. The number of halogens is 7. The van der Waals surface area contributed by atoms with Gasteiger partial charge in [-0.25, -0.2) is 22.4 Å². The van der Waals surface area contributed by atoms with Crippen molar-refractivity contribution in [2.24, 2.45) is 5.73 Å². The van der Waals surface area contributed by atoms with Gasteiger partial charge in [-0.05, 0) is 47.0 Å². The summed E-state index contributed by atoms with van der Waals surface area (Å²) in [6, 6.07) is 9.75. The number of alkyl halides is 5. The minimum atomic E-state index is -5.01. The molecule has 1 aliphatic heterocycles. The summed E-state index contributed by atoms with van der Waals surface area (Å²) in [6.45, 7) is -1.21. The Hall–Kier alpha value is -4.29. The van der Waals surface area contributed by atoms with Crippen molar-refractivity contribution in [2.75, 3.05) is 13.7 Å². The molecule has 218 valence electrons. The van der Waals surface area contributed by atoms with E-state index in [1.807, 2.05) is 0 Å². The summed E-state index contributed by atoms with van der Waals surface area (Å²) >= 11 is 0. The van der Waals surface area contributed by atoms with Crippen molar-refractivity contribution >= 4 is 11.9 Å². The van der Waals surface area contributed by atoms with Crippen molar-refractivity contribution in [2.45, 2.75) is 36.5 Å². The van der Waals surface area contributed by atoms with Gasteiger partial charge in [0.1, 0.15) is 11.9 Å². The topological polar surface area (TPSA) is 84.7 Å². The quantitative estimate of drug-likeness (QED) is 0.367. The Morgan fingerprint density at radius 2 is 1.66 bits per heavy atom. The zero-order chi connectivity index (χ0) is 30.2. The van der Waals surface area contributed by atoms with Crippen molar-refractivity contribution in [3.63, 3.8) is 0 Å². The van der Waals surface area contributed by atoms with Crippen LogP contribution in [0.1, 0.15) is 28.7 Å². The van der Waals surface area contributed by atoms with Crippen LogP contribution in [-0.2, 0) is 22.9 Å².